The molecule has 0 bridgehead atoms. The van der Waals surface area contributed by atoms with E-state index in [-0.39, 0.29) is 17.9 Å². The van der Waals surface area contributed by atoms with Crippen LogP contribution in [0, 0.1) is 5.92 Å². The quantitative estimate of drug-likeness (QED) is 0.370. The van der Waals surface area contributed by atoms with E-state index in [2.05, 4.69) is 5.32 Å². The minimum absolute atomic E-state index is 0.136. The predicted molar refractivity (Wildman–Crippen MR) is 98.7 cm³/mol. The molecular formula is C19H33N3O5. The van der Waals surface area contributed by atoms with Crippen LogP contribution >= 0.6 is 0 Å². The molecule has 0 aromatic carbocycles. The fourth-order valence-electron chi connectivity index (χ4n) is 4.15. The third kappa shape index (κ3) is 5.65. The number of unbranched alkanes of at least 4 members (excludes halogenated alkanes) is 1. The molecule has 1 saturated carbocycles. The SMILES string of the molecule is CCCCC(C(=O)N1CCC[C@H]1C(=O)NC1CCCCC1)C(O)C(=O)NO. The van der Waals surface area contributed by atoms with E-state index in [1.54, 1.807) is 0 Å². The average Bonchev–Trinajstić information content (AvgIpc) is 3.18. The predicted octanol–water partition coefficient (Wildman–Crippen LogP) is 1.10. The molecule has 0 radical (unpaired) electrons. The van der Waals surface area contributed by atoms with Crippen molar-refractivity contribution in [1.82, 2.24) is 15.7 Å². The first kappa shape index (κ1) is 21.6. The van der Waals surface area contributed by atoms with Crippen LogP contribution in [-0.4, -0.2) is 57.7 Å². The molecule has 3 amide bonds. The summed E-state index contributed by atoms with van der Waals surface area (Å²) in [5.41, 5.74) is 1.42. The van der Waals surface area contributed by atoms with Crippen LogP contribution in [0.15, 0.2) is 0 Å². The van der Waals surface area contributed by atoms with Crippen LogP contribution in [0.4, 0.5) is 0 Å². The molecule has 0 spiro atoms. The second-order valence-electron chi connectivity index (χ2n) is 7.70. The first-order valence-corrected chi connectivity index (χ1v) is 10.2. The summed E-state index contributed by atoms with van der Waals surface area (Å²) in [4.78, 5) is 38.9. The molecule has 1 saturated heterocycles. The van der Waals surface area contributed by atoms with E-state index in [0.717, 1.165) is 38.5 Å². The number of amides is 3. The number of rotatable bonds is 8. The Morgan fingerprint density at radius 1 is 1.11 bits per heavy atom. The van der Waals surface area contributed by atoms with E-state index in [1.807, 2.05) is 6.92 Å². The maximum Gasteiger partial charge on any atom is 0.272 e. The number of likely N-dealkylation sites (tertiary alicyclic amines) is 1. The van der Waals surface area contributed by atoms with Crippen molar-refractivity contribution in [2.75, 3.05) is 6.54 Å². The van der Waals surface area contributed by atoms with Gasteiger partial charge in [0.2, 0.25) is 11.8 Å². The van der Waals surface area contributed by atoms with Crippen LogP contribution < -0.4 is 10.8 Å². The van der Waals surface area contributed by atoms with E-state index in [4.69, 9.17) is 5.21 Å². The van der Waals surface area contributed by atoms with Crippen molar-refractivity contribution in [3.63, 3.8) is 0 Å². The molecule has 2 rings (SSSR count). The molecule has 3 atom stereocenters. The molecule has 2 aliphatic rings. The molecule has 154 valence electrons. The topological polar surface area (TPSA) is 119 Å². The number of nitrogens with zero attached hydrogens (tertiary/aromatic N) is 1. The zero-order valence-corrected chi connectivity index (χ0v) is 16.2. The van der Waals surface area contributed by atoms with Crippen LogP contribution in [0.3, 0.4) is 0 Å². The summed E-state index contributed by atoms with van der Waals surface area (Å²) in [5, 5.41) is 22.1. The number of carbonyl (C=O) groups excluding carboxylic acids is 3. The Morgan fingerprint density at radius 3 is 2.44 bits per heavy atom. The summed E-state index contributed by atoms with van der Waals surface area (Å²) in [6.45, 7) is 2.40. The molecule has 0 aromatic heterocycles. The highest BCUT2D eigenvalue weighted by Gasteiger charge is 2.41. The van der Waals surface area contributed by atoms with E-state index in [9.17, 15) is 19.5 Å². The van der Waals surface area contributed by atoms with Crippen LogP contribution in [0.25, 0.3) is 0 Å². The smallest absolute Gasteiger partial charge is 0.272 e. The zero-order chi connectivity index (χ0) is 19.8. The number of aliphatic hydroxyl groups excluding tert-OH is 1. The Bertz CT molecular complexity index is 521. The standard InChI is InChI=1S/C19H33N3O5/c1-2-3-10-14(16(23)18(25)21-27)19(26)22-12-7-11-15(22)17(24)20-13-8-5-4-6-9-13/h13-16,23,27H,2-12H2,1H3,(H,20,24)(H,21,25)/t14?,15-,16?/m0/s1. The largest absolute Gasteiger partial charge is 0.382 e. The van der Waals surface area contributed by atoms with Gasteiger partial charge in [0.05, 0.1) is 5.92 Å². The number of hydrogen-bond donors (Lipinski definition) is 4. The molecule has 1 heterocycles. The van der Waals surface area contributed by atoms with Gasteiger partial charge in [-0.2, -0.15) is 0 Å². The molecule has 2 fully saturated rings. The number of aliphatic hydroxyl groups is 1. The van der Waals surface area contributed by atoms with Gasteiger partial charge in [-0.25, -0.2) is 5.48 Å². The van der Waals surface area contributed by atoms with Gasteiger partial charge in [0.1, 0.15) is 12.1 Å². The molecular weight excluding hydrogens is 350 g/mol. The van der Waals surface area contributed by atoms with Crippen molar-refractivity contribution < 1.29 is 24.7 Å². The summed E-state index contributed by atoms with van der Waals surface area (Å²) in [6, 6.07) is -0.376. The van der Waals surface area contributed by atoms with Gasteiger partial charge in [-0.15, -0.1) is 0 Å². The number of hydroxylamine groups is 1. The van der Waals surface area contributed by atoms with Gasteiger partial charge in [-0.1, -0.05) is 39.0 Å². The minimum atomic E-state index is -1.63. The molecule has 2 unspecified atom stereocenters. The summed E-state index contributed by atoms with van der Waals surface area (Å²) in [5.74, 6) is -2.48. The number of carbonyl (C=O) groups is 3. The van der Waals surface area contributed by atoms with Gasteiger partial charge < -0.3 is 15.3 Å². The van der Waals surface area contributed by atoms with E-state index < -0.39 is 24.0 Å². The third-order valence-electron chi connectivity index (χ3n) is 5.74. The molecule has 8 nitrogen and oxygen atoms in total. The van der Waals surface area contributed by atoms with Gasteiger partial charge in [-0.05, 0) is 32.1 Å². The maximum atomic E-state index is 13.0. The van der Waals surface area contributed by atoms with E-state index in [0.29, 0.717) is 25.8 Å². The van der Waals surface area contributed by atoms with Gasteiger partial charge in [0.15, 0.2) is 0 Å². The van der Waals surface area contributed by atoms with E-state index in [1.165, 1.54) is 16.8 Å². The molecule has 0 aromatic rings. The normalized spacial score (nSPS) is 22.9. The van der Waals surface area contributed by atoms with Gasteiger partial charge in [0.25, 0.3) is 5.91 Å². The maximum absolute atomic E-state index is 13.0. The average molecular weight is 383 g/mol. The van der Waals surface area contributed by atoms with Crippen molar-refractivity contribution in [3.8, 4) is 0 Å². The summed E-state index contributed by atoms with van der Waals surface area (Å²) < 4.78 is 0. The highest BCUT2D eigenvalue weighted by Crippen LogP contribution is 2.25. The lowest BCUT2D eigenvalue weighted by Gasteiger charge is -2.31. The van der Waals surface area contributed by atoms with Gasteiger partial charge in [0, 0.05) is 12.6 Å². The van der Waals surface area contributed by atoms with Gasteiger partial charge in [-0.3, -0.25) is 19.6 Å². The second-order valence-corrected chi connectivity index (χ2v) is 7.70. The molecule has 27 heavy (non-hydrogen) atoms. The lowest BCUT2D eigenvalue weighted by atomic mass is 9.93. The first-order chi connectivity index (χ1) is 13.0. The van der Waals surface area contributed by atoms with Crippen molar-refractivity contribution in [2.45, 2.75) is 89.3 Å². The van der Waals surface area contributed by atoms with Crippen molar-refractivity contribution in [2.24, 2.45) is 5.92 Å². The Morgan fingerprint density at radius 2 is 1.81 bits per heavy atom. The van der Waals surface area contributed by atoms with Crippen LogP contribution in [-0.2, 0) is 14.4 Å². The van der Waals surface area contributed by atoms with Gasteiger partial charge >= 0.3 is 0 Å². The van der Waals surface area contributed by atoms with Crippen LogP contribution in [0.2, 0.25) is 0 Å². The third-order valence-corrected chi connectivity index (χ3v) is 5.74. The monoisotopic (exact) mass is 383 g/mol. The Kier molecular flexibility index (Phi) is 8.50. The lowest BCUT2D eigenvalue weighted by molar-refractivity contribution is -0.152. The highest BCUT2D eigenvalue weighted by molar-refractivity contribution is 5.92. The number of nitrogens with one attached hydrogen (secondary N) is 2. The van der Waals surface area contributed by atoms with E-state index >= 15 is 0 Å². The minimum Gasteiger partial charge on any atom is -0.382 e. The zero-order valence-electron chi connectivity index (χ0n) is 16.2. The second kappa shape index (κ2) is 10.6. The van der Waals surface area contributed by atoms with Crippen molar-refractivity contribution in [1.29, 1.82) is 0 Å². The summed E-state index contributed by atoms with van der Waals surface area (Å²) >= 11 is 0. The highest BCUT2D eigenvalue weighted by atomic mass is 16.5. The van der Waals surface area contributed by atoms with Crippen molar-refractivity contribution >= 4 is 17.7 Å². The fourth-order valence-corrected chi connectivity index (χ4v) is 4.15. The Labute approximate surface area is 160 Å². The first-order valence-electron chi connectivity index (χ1n) is 10.2. The lowest BCUT2D eigenvalue weighted by Crippen LogP contribution is -2.53. The molecule has 1 aliphatic heterocycles. The molecule has 8 heteroatoms. The molecule has 4 N–H and O–H groups in total. The number of hydrogen-bond acceptors (Lipinski definition) is 5. The Balaban J connectivity index is 2.05. The Hall–Kier alpha value is -1.67. The van der Waals surface area contributed by atoms with Crippen LogP contribution in [0.1, 0.15) is 71.1 Å². The summed E-state index contributed by atoms with van der Waals surface area (Å²) in [6.07, 6.45) is 6.85. The summed E-state index contributed by atoms with van der Waals surface area (Å²) in [7, 11) is 0. The molecule has 1 aliphatic carbocycles. The fraction of sp³-hybridized carbons (Fsp3) is 0.842. The van der Waals surface area contributed by atoms with Crippen LogP contribution in [0.5, 0.6) is 0 Å². The van der Waals surface area contributed by atoms with Crippen molar-refractivity contribution in [3.05, 3.63) is 0 Å².